The van der Waals surface area contributed by atoms with Gasteiger partial charge in [0.15, 0.2) is 0 Å². The highest BCUT2D eigenvalue weighted by atomic mass is 16.5. The number of amides is 1. The van der Waals surface area contributed by atoms with Crippen molar-refractivity contribution in [3.63, 3.8) is 0 Å². The maximum Gasteiger partial charge on any atom is 0.489 e. The SMILES string of the molecule is NCC(=O)N/N=C/c1cc(OCc2ccccc2)ccc1B(O)O. The van der Waals surface area contributed by atoms with E-state index in [4.69, 9.17) is 10.5 Å². The van der Waals surface area contributed by atoms with E-state index >= 15 is 0 Å². The molecule has 0 aliphatic carbocycles. The summed E-state index contributed by atoms with van der Waals surface area (Å²) in [6.45, 7) is 0.190. The molecule has 8 heteroatoms. The number of hydrogen-bond acceptors (Lipinski definition) is 6. The van der Waals surface area contributed by atoms with Gasteiger partial charge in [0, 0.05) is 0 Å². The van der Waals surface area contributed by atoms with Gasteiger partial charge in [0.05, 0.1) is 12.8 Å². The van der Waals surface area contributed by atoms with Gasteiger partial charge < -0.3 is 20.5 Å². The van der Waals surface area contributed by atoms with Gasteiger partial charge in [-0.3, -0.25) is 4.79 Å². The molecule has 2 aromatic carbocycles. The molecular weight excluding hydrogens is 309 g/mol. The Labute approximate surface area is 139 Å². The average Bonchev–Trinajstić information content (AvgIpc) is 2.60. The normalized spacial score (nSPS) is 10.6. The molecule has 0 spiro atoms. The van der Waals surface area contributed by atoms with E-state index in [0.717, 1.165) is 5.56 Å². The fourth-order valence-electron chi connectivity index (χ4n) is 1.95. The van der Waals surface area contributed by atoms with Crippen LogP contribution in [-0.2, 0) is 11.4 Å². The Bertz CT molecular complexity index is 708. The van der Waals surface area contributed by atoms with Crippen LogP contribution in [-0.4, -0.2) is 35.8 Å². The van der Waals surface area contributed by atoms with E-state index < -0.39 is 13.0 Å². The maximum atomic E-state index is 11.1. The van der Waals surface area contributed by atoms with Crippen molar-refractivity contribution in [2.75, 3.05) is 6.54 Å². The second-order valence-corrected chi connectivity index (χ2v) is 4.94. The summed E-state index contributed by atoms with van der Waals surface area (Å²) >= 11 is 0. The molecule has 0 unspecified atom stereocenters. The molecule has 7 nitrogen and oxygen atoms in total. The van der Waals surface area contributed by atoms with Crippen LogP contribution < -0.4 is 21.4 Å². The van der Waals surface area contributed by atoms with Crippen molar-refractivity contribution in [2.45, 2.75) is 6.61 Å². The molecule has 2 aromatic rings. The predicted octanol–water partition coefficient (Wildman–Crippen LogP) is -0.646. The molecule has 0 saturated heterocycles. The number of ether oxygens (including phenoxy) is 1. The second-order valence-electron chi connectivity index (χ2n) is 4.94. The lowest BCUT2D eigenvalue weighted by atomic mass is 9.77. The first-order chi connectivity index (χ1) is 11.6. The molecule has 0 aliphatic heterocycles. The third-order valence-electron chi connectivity index (χ3n) is 3.16. The van der Waals surface area contributed by atoms with Crippen LogP contribution in [0.2, 0.25) is 0 Å². The van der Waals surface area contributed by atoms with Crippen molar-refractivity contribution in [2.24, 2.45) is 10.8 Å². The smallest absolute Gasteiger partial charge is 0.489 e. The number of carbonyl (C=O) groups is 1. The number of carbonyl (C=O) groups excluding carboxylic acids is 1. The third kappa shape index (κ3) is 5.20. The van der Waals surface area contributed by atoms with Crippen LogP contribution in [0, 0.1) is 0 Å². The first-order valence-corrected chi connectivity index (χ1v) is 7.29. The Balaban J connectivity index is 2.13. The summed E-state index contributed by atoms with van der Waals surface area (Å²) in [6.07, 6.45) is 1.30. The molecule has 0 heterocycles. The fraction of sp³-hybridized carbons (Fsp3) is 0.125. The van der Waals surface area contributed by atoms with E-state index in [2.05, 4.69) is 10.5 Å². The molecule has 0 aliphatic rings. The highest BCUT2D eigenvalue weighted by Gasteiger charge is 2.15. The van der Waals surface area contributed by atoms with Crippen LogP contribution >= 0.6 is 0 Å². The van der Waals surface area contributed by atoms with Gasteiger partial charge in [-0.2, -0.15) is 5.10 Å². The summed E-state index contributed by atoms with van der Waals surface area (Å²) in [4.78, 5) is 11.1. The molecule has 0 saturated carbocycles. The molecule has 2 rings (SSSR count). The highest BCUT2D eigenvalue weighted by molar-refractivity contribution is 6.60. The lowest BCUT2D eigenvalue weighted by Gasteiger charge is -2.10. The number of rotatable bonds is 7. The largest absolute Gasteiger partial charge is 0.489 e. The maximum absolute atomic E-state index is 11.1. The number of hydrazone groups is 1. The summed E-state index contributed by atoms with van der Waals surface area (Å²) in [5.41, 5.74) is 9.05. The molecule has 0 radical (unpaired) electrons. The van der Waals surface area contributed by atoms with Crippen molar-refractivity contribution < 1.29 is 19.6 Å². The highest BCUT2D eigenvalue weighted by Crippen LogP contribution is 2.13. The van der Waals surface area contributed by atoms with E-state index in [0.29, 0.717) is 17.9 Å². The third-order valence-corrected chi connectivity index (χ3v) is 3.16. The van der Waals surface area contributed by atoms with E-state index in [1.165, 1.54) is 12.3 Å². The summed E-state index contributed by atoms with van der Waals surface area (Å²) in [5, 5.41) is 22.5. The van der Waals surface area contributed by atoms with Gasteiger partial charge >= 0.3 is 7.12 Å². The van der Waals surface area contributed by atoms with Gasteiger partial charge in [-0.15, -0.1) is 0 Å². The minimum atomic E-state index is -1.67. The first-order valence-electron chi connectivity index (χ1n) is 7.29. The number of nitrogens with two attached hydrogens (primary N) is 1. The van der Waals surface area contributed by atoms with Crippen molar-refractivity contribution in [1.29, 1.82) is 0 Å². The topological polar surface area (TPSA) is 117 Å². The average molecular weight is 327 g/mol. The van der Waals surface area contributed by atoms with Crippen LogP contribution in [0.15, 0.2) is 53.6 Å². The summed E-state index contributed by atoms with van der Waals surface area (Å²) < 4.78 is 5.68. The van der Waals surface area contributed by atoms with Crippen molar-refractivity contribution in [1.82, 2.24) is 5.43 Å². The molecule has 124 valence electrons. The molecular formula is C16H18BN3O4. The quantitative estimate of drug-likeness (QED) is 0.306. The Morgan fingerprint density at radius 3 is 2.67 bits per heavy atom. The molecule has 24 heavy (non-hydrogen) atoms. The Hall–Kier alpha value is -2.68. The standard InChI is InChI=1S/C16H18BN3O4/c18-9-16(21)20-19-10-13-8-14(6-7-15(13)17(22)23)24-11-12-4-2-1-3-5-12/h1-8,10,22-23H,9,11,18H2,(H,20,21)/b19-10+. The van der Waals surface area contributed by atoms with Gasteiger partial charge in [-0.25, -0.2) is 5.43 Å². The first kappa shape index (κ1) is 17.7. The molecule has 0 aromatic heterocycles. The Morgan fingerprint density at radius 2 is 2.00 bits per heavy atom. The zero-order valence-corrected chi connectivity index (χ0v) is 12.9. The van der Waals surface area contributed by atoms with Gasteiger partial charge in [-0.05, 0) is 28.7 Å². The lowest BCUT2D eigenvalue weighted by Crippen LogP contribution is -2.33. The van der Waals surface area contributed by atoms with E-state index in [1.807, 2.05) is 30.3 Å². The van der Waals surface area contributed by atoms with Gasteiger partial charge in [0.1, 0.15) is 12.4 Å². The van der Waals surface area contributed by atoms with Crippen LogP contribution in [0.3, 0.4) is 0 Å². The summed E-state index contributed by atoms with van der Waals surface area (Å²) in [7, 11) is -1.67. The van der Waals surface area contributed by atoms with Crippen molar-refractivity contribution in [3.05, 3.63) is 59.7 Å². The molecule has 0 bridgehead atoms. The van der Waals surface area contributed by atoms with Crippen LogP contribution in [0.5, 0.6) is 5.75 Å². The van der Waals surface area contributed by atoms with Gasteiger partial charge in [0.25, 0.3) is 5.91 Å². The van der Waals surface area contributed by atoms with Gasteiger partial charge in [0.2, 0.25) is 0 Å². The van der Waals surface area contributed by atoms with Crippen molar-refractivity contribution in [3.8, 4) is 5.75 Å². The number of benzene rings is 2. The molecule has 5 N–H and O–H groups in total. The lowest BCUT2D eigenvalue weighted by molar-refractivity contribution is -0.119. The summed E-state index contributed by atoms with van der Waals surface area (Å²) in [6, 6.07) is 14.4. The van der Waals surface area contributed by atoms with Crippen LogP contribution in [0.4, 0.5) is 0 Å². The molecule has 1 amide bonds. The number of hydrogen-bond donors (Lipinski definition) is 4. The predicted molar refractivity (Wildman–Crippen MR) is 91.8 cm³/mol. The molecule has 0 atom stereocenters. The van der Waals surface area contributed by atoms with E-state index in [-0.39, 0.29) is 12.0 Å². The van der Waals surface area contributed by atoms with Crippen molar-refractivity contribution >= 4 is 24.7 Å². The number of nitrogens with zero attached hydrogens (tertiary/aromatic N) is 1. The second kappa shape index (κ2) is 8.83. The minimum absolute atomic E-state index is 0.187. The van der Waals surface area contributed by atoms with E-state index in [9.17, 15) is 14.8 Å². The fourth-order valence-corrected chi connectivity index (χ4v) is 1.95. The van der Waals surface area contributed by atoms with Gasteiger partial charge in [-0.1, -0.05) is 36.4 Å². The van der Waals surface area contributed by atoms with Crippen LogP contribution in [0.1, 0.15) is 11.1 Å². The minimum Gasteiger partial charge on any atom is -0.489 e. The Kier molecular flexibility index (Phi) is 6.50. The zero-order valence-electron chi connectivity index (χ0n) is 12.9. The molecule has 0 fully saturated rings. The summed E-state index contributed by atoms with van der Waals surface area (Å²) in [5.74, 6) is 0.0867. The monoisotopic (exact) mass is 327 g/mol. The van der Waals surface area contributed by atoms with Crippen LogP contribution in [0.25, 0.3) is 0 Å². The zero-order chi connectivity index (χ0) is 17.4. The van der Waals surface area contributed by atoms with E-state index in [1.54, 1.807) is 12.1 Å². The number of nitrogens with one attached hydrogen (secondary N) is 1. The Morgan fingerprint density at radius 1 is 1.25 bits per heavy atom.